The third-order valence-corrected chi connectivity index (χ3v) is 1.47. The van der Waals surface area contributed by atoms with Gasteiger partial charge in [-0.15, -0.1) is 0 Å². The summed E-state index contributed by atoms with van der Waals surface area (Å²) in [5, 5.41) is 2.47. The van der Waals surface area contributed by atoms with Crippen LogP contribution in [0.25, 0.3) is 0 Å². The highest BCUT2D eigenvalue weighted by molar-refractivity contribution is 5.55. The van der Waals surface area contributed by atoms with Crippen molar-refractivity contribution in [2.24, 2.45) is 11.8 Å². The van der Waals surface area contributed by atoms with E-state index in [2.05, 4.69) is 5.32 Å². The van der Waals surface area contributed by atoms with Gasteiger partial charge in [0.1, 0.15) is 6.29 Å². The summed E-state index contributed by atoms with van der Waals surface area (Å²) in [5.74, 6) is 0.246. The van der Waals surface area contributed by atoms with Crippen molar-refractivity contribution < 1.29 is 9.59 Å². The summed E-state index contributed by atoms with van der Waals surface area (Å²) in [4.78, 5) is 20.1. The molecule has 1 unspecified atom stereocenters. The first kappa shape index (κ1) is 9.14. The Kier molecular flexibility index (Phi) is 4.54. The molecule has 0 aliphatic heterocycles. The fourth-order valence-electron chi connectivity index (χ4n) is 0.625. The summed E-state index contributed by atoms with van der Waals surface area (Å²) in [7, 11) is 0. The van der Waals surface area contributed by atoms with E-state index in [1.54, 1.807) is 0 Å². The van der Waals surface area contributed by atoms with Crippen molar-refractivity contribution in [2.75, 3.05) is 6.54 Å². The second-order valence-corrected chi connectivity index (χ2v) is 2.57. The molecule has 3 heteroatoms. The molecule has 58 valence electrons. The van der Waals surface area contributed by atoms with Gasteiger partial charge in [0.2, 0.25) is 6.41 Å². The first-order valence-corrected chi connectivity index (χ1v) is 3.34. The zero-order valence-electron chi connectivity index (χ0n) is 6.33. The van der Waals surface area contributed by atoms with Gasteiger partial charge in [0.25, 0.3) is 0 Å². The highest BCUT2D eigenvalue weighted by atomic mass is 16.1. The molecule has 0 heterocycles. The molecule has 0 bridgehead atoms. The fourth-order valence-corrected chi connectivity index (χ4v) is 0.625. The molecular formula is C7H13NO2. The molecule has 1 amide bonds. The molecule has 0 aliphatic carbocycles. The number of carbonyl (C=O) groups is 2. The number of hydrogen-bond acceptors (Lipinski definition) is 2. The van der Waals surface area contributed by atoms with Crippen molar-refractivity contribution in [3.8, 4) is 0 Å². The van der Waals surface area contributed by atoms with Crippen molar-refractivity contribution in [3.63, 3.8) is 0 Å². The van der Waals surface area contributed by atoms with E-state index in [1.807, 2.05) is 13.8 Å². The van der Waals surface area contributed by atoms with Gasteiger partial charge < -0.3 is 10.1 Å². The van der Waals surface area contributed by atoms with Gasteiger partial charge >= 0.3 is 0 Å². The standard InChI is InChI=1S/C7H13NO2/c1-6(2)7(4-9)3-8-5-10/h4-7H,3H2,1-2H3,(H,8,10). The van der Waals surface area contributed by atoms with Gasteiger partial charge in [-0.05, 0) is 5.92 Å². The van der Waals surface area contributed by atoms with Crippen LogP contribution in [0.2, 0.25) is 0 Å². The minimum Gasteiger partial charge on any atom is -0.358 e. The molecule has 0 saturated heterocycles. The average Bonchev–Trinajstić information content (AvgIpc) is 1.89. The van der Waals surface area contributed by atoms with E-state index in [4.69, 9.17) is 0 Å². The lowest BCUT2D eigenvalue weighted by atomic mass is 9.98. The molecule has 0 rings (SSSR count). The second-order valence-electron chi connectivity index (χ2n) is 2.57. The maximum atomic E-state index is 10.3. The van der Waals surface area contributed by atoms with Crippen LogP contribution < -0.4 is 5.32 Å². The molecular weight excluding hydrogens is 130 g/mol. The Labute approximate surface area is 60.8 Å². The Hall–Kier alpha value is -0.860. The Morgan fingerprint density at radius 2 is 2.00 bits per heavy atom. The van der Waals surface area contributed by atoms with Gasteiger partial charge in [-0.2, -0.15) is 0 Å². The van der Waals surface area contributed by atoms with Crippen LogP contribution in [0.3, 0.4) is 0 Å². The largest absolute Gasteiger partial charge is 0.358 e. The minimum absolute atomic E-state index is 0.0507. The highest BCUT2D eigenvalue weighted by Gasteiger charge is 2.10. The highest BCUT2D eigenvalue weighted by Crippen LogP contribution is 2.05. The maximum absolute atomic E-state index is 10.3. The van der Waals surface area contributed by atoms with Crippen LogP contribution in [0.4, 0.5) is 0 Å². The lowest BCUT2D eigenvalue weighted by Crippen LogP contribution is -2.25. The zero-order chi connectivity index (χ0) is 7.98. The molecule has 0 aromatic rings. The van der Waals surface area contributed by atoms with Gasteiger partial charge in [-0.25, -0.2) is 0 Å². The van der Waals surface area contributed by atoms with E-state index >= 15 is 0 Å². The topological polar surface area (TPSA) is 46.2 Å². The maximum Gasteiger partial charge on any atom is 0.207 e. The predicted molar refractivity (Wildman–Crippen MR) is 38.5 cm³/mol. The fraction of sp³-hybridized carbons (Fsp3) is 0.714. The first-order chi connectivity index (χ1) is 4.72. The molecule has 0 radical (unpaired) electrons. The second kappa shape index (κ2) is 4.97. The Bertz CT molecular complexity index is 112. The van der Waals surface area contributed by atoms with Gasteiger partial charge in [-0.3, -0.25) is 4.79 Å². The van der Waals surface area contributed by atoms with E-state index in [9.17, 15) is 9.59 Å². The molecule has 0 saturated carbocycles. The molecule has 1 atom stereocenters. The normalized spacial score (nSPS) is 12.7. The minimum atomic E-state index is -0.0507. The van der Waals surface area contributed by atoms with Gasteiger partial charge in [0, 0.05) is 12.5 Å². The summed E-state index contributed by atoms with van der Waals surface area (Å²) in [6.07, 6.45) is 1.49. The number of carbonyl (C=O) groups excluding carboxylic acids is 2. The summed E-state index contributed by atoms with van der Waals surface area (Å²) in [6, 6.07) is 0. The zero-order valence-corrected chi connectivity index (χ0v) is 6.33. The SMILES string of the molecule is CC(C)C(C=O)CNC=O. The third-order valence-electron chi connectivity index (χ3n) is 1.47. The van der Waals surface area contributed by atoms with Crippen LogP contribution >= 0.6 is 0 Å². The molecule has 10 heavy (non-hydrogen) atoms. The van der Waals surface area contributed by atoms with Crippen molar-refractivity contribution in [1.29, 1.82) is 0 Å². The summed E-state index contributed by atoms with van der Waals surface area (Å²) < 4.78 is 0. The summed E-state index contributed by atoms with van der Waals surface area (Å²) >= 11 is 0. The average molecular weight is 143 g/mol. The lowest BCUT2D eigenvalue weighted by Gasteiger charge is -2.11. The van der Waals surface area contributed by atoms with Gasteiger partial charge in [0.15, 0.2) is 0 Å². The quantitative estimate of drug-likeness (QED) is 0.559. The number of amides is 1. The lowest BCUT2D eigenvalue weighted by molar-refractivity contribution is -0.113. The van der Waals surface area contributed by atoms with E-state index in [-0.39, 0.29) is 5.92 Å². The van der Waals surface area contributed by atoms with E-state index < -0.39 is 0 Å². The van der Waals surface area contributed by atoms with E-state index in [1.165, 1.54) is 0 Å². The number of rotatable bonds is 5. The van der Waals surface area contributed by atoms with Gasteiger partial charge in [-0.1, -0.05) is 13.8 Å². The molecule has 0 fully saturated rings. The van der Waals surface area contributed by atoms with Gasteiger partial charge in [0.05, 0.1) is 0 Å². The Balaban J connectivity index is 3.59. The number of aldehydes is 1. The summed E-state index contributed by atoms with van der Waals surface area (Å²) in [6.45, 7) is 4.35. The smallest absolute Gasteiger partial charge is 0.207 e. The van der Waals surface area contributed by atoms with Crippen molar-refractivity contribution in [1.82, 2.24) is 5.32 Å². The van der Waals surface area contributed by atoms with Crippen molar-refractivity contribution in [2.45, 2.75) is 13.8 Å². The molecule has 0 spiro atoms. The molecule has 0 aromatic carbocycles. The Morgan fingerprint density at radius 1 is 1.40 bits per heavy atom. The predicted octanol–water partition coefficient (Wildman–Crippen LogP) is 0.203. The van der Waals surface area contributed by atoms with Crippen LogP contribution in [-0.4, -0.2) is 19.2 Å². The van der Waals surface area contributed by atoms with Crippen LogP contribution in [0, 0.1) is 11.8 Å². The third kappa shape index (κ3) is 3.22. The summed E-state index contributed by atoms with van der Waals surface area (Å²) in [5.41, 5.74) is 0. The number of nitrogens with one attached hydrogen (secondary N) is 1. The Morgan fingerprint density at radius 3 is 2.30 bits per heavy atom. The van der Waals surface area contributed by atoms with Crippen molar-refractivity contribution >= 4 is 12.7 Å². The van der Waals surface area contributed by atoms with Crippen LogP contribution in [0.5, 0.6) is 0 Å². The van der Waals surface area contributed by atoms with Crippen molar-refractivity contribution in [3.05, 3.63) is 0 Å². The molecule has 3 nitrogen and oxygen atoms in total. The van der Waals surface area contributed by atoms with Crippen LogP contribution in [-0.2, 0) is 9.59 Å². The van der Waals surface area contributed by atoms with Crippen LogP contribution in [0.1, 0.15) is 13.8 Å². The molecule has 0 aromatic heterocycles. The monoisotopic (exact) mass is 143 g/mol. The molecule has 1 N–H and O–H groups in total. The first-order valence-electron chi connectivity index (χ1n) is 3.34. The van der Waals surface area contributed by atoms with E-state index in [0.717, 1.165) is 6.29 Å². The van der Waals surface area contributed by atoms with Crippen LogP contribution in [0.15, 0.2) is 0 Å². The van der Waals surface area contributed by atoms with E-state index in [0.29, 0.717) is 18.9 Å². The molecule has 0 aliphatic rings. The number of hydrogen-bond donors (Lipinski definition) is 1.